The Kier molecular flexibility index (Phi) is 5.57. The Bertz CT molecular complexity index is 857. The normalized spacial score (nSPS) is 25.4. The largest absolute Gasteiger partial charge is 0.342 e. The van der Waals surface area contributed by atoms with Gasteiger partial charge in [0.15, 0.2) is 5.82 Å². The van der Waals surface area contributed by atoms with Crippen molar-refractivity contribution in [1.29, 1.82) is 0 Å². The van der Waals surface area contributed by atoms with Crippen LogP contribution in [0, 0.1) is 11.8 Å². The molecule has 0 N–H and O–H groups in total. The molecule has 2 aromatic rings. The van der Waals surface area contributed by atoms with E-state index in [1.54, 1.807) is 12.4 Å². The summed E-state index contributed by atoms with van der Waals surface area (Å²) in [5.74, 6) is 2.99. The first-order valence-electron chi connectivity index (χ1n) is 11.7. The van der Waals surface area contributed by atoms with E-state index in [4.69, 9.17) is 9.51 Å². The standard InChI is InChI=1S/C24H32N4O2/c29-21(15-18-5-2-1-3-6-18)28-14-4-11-24(17-28,16-19-7-8-19)23-26-22(30-27-23)20-9-12-25-13-10-20/h9-10,12-13,18-19H,1-8,11,14-17H2. The van der Waals surface area contributed by atoms with Crippen LogP contribution in [-0.2, 0) is 10.2 Å². The van der Waals surface area contributed by atoms with Crippen molar-refractivity contribution in [2.75, 3.05) is 13.1 Å². The molecule has 0 aromatic carbocycles. The second kappa shape index (κ2) is 8.48. The van der Waals surface area contributed by atoms with Crippen molar-refractivity contribution in [1.82, 2.24) is 20.0 Å². The summed E-state index contributed by atoms with van der Waals surface area (Å²) >= 11 is 0. The molecule has 1 amide bonds. The van der Waals surface area contributed by atoms with Crippen LogP contribution in [0.4, 0.5) is 0 Å². The molecule has 3 aliphatic rings. The molecule has 2 aliphatic carbocycles. The monoisotopic (exact) mass is 408 g/mol. The number of nitrogens with zero attached hydrogens (tertiary/aromatic N) is 4. The highest BCUT2D eigenvalue weighted by Gasteiger charge is 2.46. The fourth-order valence-corrected chi connectivity index (χ4v) is 5.48. The molecule has 3 heterocycles. The zero-order chi connectivity index (χ0) is 20.4. The molecule has 0 radical (unpaired) electrons. The van der Waals surface area contributed by atoms with Gasteiger partial charge in [0.1, 0.15) is 0 Å². The molecule has 160 valence electrons. The highest BCUT2D eigenvalue weighted by atomic mass is 16.5. The van der Waals surface area contributed by atoms with Crippen LogP contribution in [-0.4, -0.2) is 39.0 Å². The first-order chi connectivity index (χ1) is 14.7. The molecule has 6 heteroatoms. The van der Waals surface area contributed by atoms with Gasteiger partial charge in [-0.25, -0.2) is 0 Å². The van der Waals surface area contributed by atoms with Crippen molar-refractivity contribution in [3.63, 3.8) is 0 Å². The quantitative estimate of drug-likeness (QED) is 0.689. The van der Waals surface area contributed by atoms with Crippen molar-refractivity contribution in [3.8, 4) is 11.5 Å². The van der Waals surface area contributed by atoms with Crippen LogP contribution in [0.2, 0.25) is 0 Å². The van der Waals surface area contributed by atoms with Crippen molar-refractivity contribution in [2.24, 2.45) is 11.8 Å². The number of hydrogen-bond acceptors (Lipinski definition) is 5. The van der Waals surface area contributed by atoms with E-state index in [2.05, 4.69) is 15.0 Å². The number of carbonyl (C=O) groups excluding carboxylic acids is 1. The lowest BCUT2D eigenvalue weighted by atomic mass is 9.74. The second-order valence-electron chi connectivity index (χ2n) is 9.71. The Labute approximate surface area is 178 Å². The molecule has 30 heavy (non-hydrogen) atoms. The highest BCUT2D eigenvalue weighted by Crippen LogP contribution is 2.46. The van der Waals surface area contributed by atoms with E-state index in [1.165, 1.54) is 44.9 Å². The van der Waals surface area contributed by atoms with Gasteiger partial charge in [-0.05, 0) is 56.1 Å². The number of rotatable bonds is 6. The second-order valence-corrected chi connectivity index (χ2v) is 9.71. The van der Waals surface area contributed by atoms with Crippen molar-refractivity contribution >= 4 is 5.91 Å². The van der Waals surface area contributed by atoms with Crippen LogP contribution >= 0.6 is 0 Å². The molecule has 1 aliphatic heterocycles. The van der Waals surface area contributed by atoms with E-state index >= 15 is 0 Å². The molecule has 1 atom stereocenters. The minimum Gasteiger partial charge on any atom is -0.342 e. The molecule has 2 aromatic heterocycles. The summed E-state index contributed by atoms with van der Waals surface area (Å²) in [5, 5.41) is 4.43. The summed E-state index contributed by atoms with van der Waals surface area (Å²) in [6, 6.07) is 3.79. The van der Waals surface area contributed by atoms with Crippen LogP contribution in [0.3, 0.4) is 0 Å². The SMILES string of the molecule is O=C(CC1CCCCC1)N1CCCC(CC2CC2)(c2noc(-c3ccncc3)n2)C1. The van der Waals surface area contributed by atoms with Gasteiger partial charge in [-0.3, -0.25) is 9.78 Å². The van der Waals surface area contributed by atoms with Crippen LogP contribution < -0.4 is 0 Å². The summed E-state index contributed by atoms with van der Waals surface area (Å²) in [6.45, 7) is 1.61. The molecule has 1 saturated heterocycles. The average Bonchev–Trinajstić information content (AvgIpc) is 3.45. The van der Waals surface area contributed by atoms with Gasteiger partial charge in [-0.15, -0.1) is 0 Å². The lowest BCUT2D eigenvalue weighted by molar-refractivity contribution is -0.135. The average molecular weight is 409 g/mol. The third-order valence-corrected chi connectivity index (χ3v) is 7.32. The predicted molar refractivity (Wildman–Crippen MR) is 114 cm³/mol. The van der Waals surface area contributed by atoms with E-state index in [1.807, 2.05) is 12.1 Å². The fraction of sp³-hybridized carbons (Fsp3) is 0.667. The number of carbonyl (C=O) groups is 1. The molecule has 0 spiro atoms. The Morgan fingerprint density at radius 1 is 1.07 bits per heavy atom. The van der Waals surface area contributed by atoms with Gasteiger partial charge in [0, 0.05) is 37.5 Å². The lowest BCUT2D eigenvalue weighted by Gasteiger charge is -2.41. The maximum atomic E-state index is 13.2. The molecule has 1 unspecified atom stereocenters. The van der Waals surface area contributed by atoms with Gasteiger partial charge in [0.05, 0.1) is 5.41 Å². The molecule has 6 nitrogen and oxygen atoms in total. The molecule has 0 bridgehead atoms. The first kappa shape index (κ1) is 19.7. The first-order valence-corrected chi connectivity index (χ1v) is 11.7. The zero-order valence-electron chi connectivity index (χ0n) is 17.8. The summed E-state index contributed by atoms with van der Waals surface area (Å²) in [6.07, 6.45) is 16.2. The van der Waals surface area contributed by atoms with Gasteiger partial charge < -0.3 is 9.42 Å². The number of likely N-dealkylation sites (tertiary alicyclic amines) is 1. The summed E-state index contributed by atoms with van der Waals surface area (Å²) < 4.78 is 5.66. The lowest BCUT2D eigenvalue weighted by Crippen LogP contribution is -2.49. The van der Waals surface area contributed by atoms with Crippen molar-refractivity contribution < 1.29 is 9.32 Å². The number of hydrogen-bond donors (Lipinski definition) is 0. The minimum atomic E-state index is -0.170. The van der Waals surface area contributed by atoms with Gasteiger partial charge in [0.2, 0.25) is 5.91 Å². The van der Waals surface area contributed by atoms with Crippen molar-refractivity contribution in [3.05, 3.63) is 30.4 Å². The predicted octanol–water partition coefficient (Wildman–Crippen LogP) is 4.76. The summed E-state index contributed by atoms with van der Waals surface area (Å²) in [5.41, 5.74) is 0.725. The van der Waals surface area contributed by atoms with E-state index in [9.17, 15) is 4.79 Å². The Balaban J connectivity index is 1.35. The maximum absolute atomic E-state index is 13.2. The van der Waals surface area contributed by atoms with Gasteiger partial charge >= 0.3 is 0 Å². The molecule has 3 fully saturated rings. The molecular weight excluding hydrogens is 376 g/mol. The van der Waals surface area contributed by atoms with Crippen LogP contribution in [0.5, 0.6) is 0 Å². The smallest absolute Gasteiger partial charge is 0.258 e. The maximum Gasteiger partial charge on any atom is 0.258 e. The Morgan fingerprint density at radius 2 is 1.87 bits per heavy atom. The van der Waals surface area contributed by atoms with Gasteiger partial charge in [-0.1, -0.05) is 37.3 Å². The van der Waals surface area contributed by atoms with E-state index < -0.39 is 0 Å². The third-order valence-electron chi connectivity index (χ3n) is 7.32. The van der Waals surface area contributed by atoms with Gasteiger partial charge in [-0.2, -0.15) is 4.98 Å². The topological polar surface area (TPSA) is 72.1 Å². The minimum absolute atomic E-state index is 0.170. The van der Waals surface area contributed by atoms with Crippen LogP contribution in [0.1, 0.15) is 76.5 Å². The highest BCUT2D eigenvalue weighted by molar-refractivity contribution is 5.76. The number of amides is 1. The fourth-order valence-electron chi connectivity index (χ4n) is 5.48. The number of aromatic nitrogens is 3. The number of pyridine rings is 1. The van der Waals surface area contributed by atoms with E-state index in [-0.39, 0.29) is 5.41 Å². The zero-order valence-corrected chi connectivity index (χ0v) is 17.8. The molecule has 5 rings (SSSR count). The summed E-state index contributed by atoms with van der Waals surface area (Å²) in [7, 11) is 0. The Morgan fingerprint density at radius 3 is 2.63 bits per heavy atom. The van der Waals surface area contributed by atoms with E-state index in [0.29, 0.717) is 24.1 Å². The van der Waals surface area contributed by atoms with Crippen LogP contribution in [0.15, 0.2) is 29.0 Å². The number of piperidine rings is 1. The Hall–Kier alpha value is -2.24. The van der Waals surface area contributed by atoms with E-state index in [0.717, 1.165) is 49.7 Å². The molecule has 2 saturated carbocycles. The van der Waals surface area contributed by atoms with Crippen molar-refractivity contribution in [2.45, 2.75) is 76.0 Å². The van der Waals surface area contributed by atoms with Crippen LogP contribution in [0.25, 0.3) is 11.5 Å². The summed E-state index contributed by atoms with van der Waals surface area (Å²) in [4.78, 5) is 24.2. The van der Waals surface area contributed by atoms with Gasteiger partial charge in [0.25, 0.3) is 5.89 Å². The molecular formula is C24H32N4O2. The third kappa shape index (κ3) is 4.28.